The maximum absolute atomic E-state index is 14.5. The summed E-state index contributed by atoms with van der Waals surface area (Å²) in [6, 6.07) is 5.79. The number of benzene rings is 1. The molecule has 1 aromatic rings. The molecule has 1 aromatic carbocycles. The van der Waals surface area contributed by atoms with Gasteiger partial charge in [-0.2, -0.15) is 0 Å². The van der Waals surface area contributed by atoms with E-state index in [9.17, 15) is 43.5 Å². The van der Waals surface area contributed by atoms with E-state index in [4.69, 9.17) is 9.47 Å². The lowest BCUT2D eigenvalue weighted by atomic mass is 9.89. The van der Waals surface area contributed by atoms with Crippen LogP contribution in [0.25, 0.3) is 0 Å². The number of unbranched alkanes of at least 4 members (excludes halogenated alkanes) is 1. The molecular formula is C47H72N6O11. The van der Waals surface area contributed by atoms with Gasteiger partial charge in [-0.1, -0.05) is 71.4 Å². The molecule has 0 bridgehead atoms. The van der Waals surface area contributed by atoms with Crippen LogP contribution in [0.3, 0.4) is 0 Å². The fourth-order valence-electron chi connectivity index (χ4n) is 8.54. The molecule has 2 aliphatic heterocycles. The van der Waals surface area contributed by atoms with Gasteiger partial charge in [0.15, 0.2) is 0 Å². The normalized spacial score (nSPS) is 18.5. The second-order valence-corrected chi connectivity index (χ2v) is 18.0. The van der Waals surface area contributed by atoms with Gasteiger partial charge in [-0.15, -0.1) is 0 Å². The molecular weight excluding hydrogens is 825 g/mol. The van der Waals surface area contributed by atoms with Crippen LogP contribution in [-0.4, -0.2) is 155 Å². The van der Waals surface area contributed by atoms with E-state index in [0.717, 1.165) is 10.5 Å². The van der Waals surface area contributed by atoms with Crippen molar-refractivity contribution in [1.29, 1.82) is 0 Å². The number of ether oxygens (including phenoxy) is 2. The minimum absolute atomic E-state index is 0.0842. The van der Waals surface area contributed by atoms with Gasteiger partial charge in [-0.25, -0.2) is 4.79 Å². The maximum Gasteiger partial charge on any atom is 0.326 e. The number of likely N-dealkylation sites (tertiary alicyclic amines) is 1. The minimum Gasteiger partial charge on any atom is -0.480 e. The van der Waals surface area contributed by atoms with Gasteiger partial charge in [0.2, 0.25) is 29.5 Å². The van der Waals surface area contributed by atoms with Gasteiger partial charge in [0.05, 0.1) is 36.6 Å². The molecule has 17 nitrogen and oxygen atoms in total. The van der Waals surface area contributed by atoms with Crippen molar-refractivity contribution >= 4 is 47.3 Å². The summed E-state index contributed by atoms with van der Waals surface area (Å²) >= 11 is 0. The molecule has 2 aliphatic rings. The molecule has 0 aliphatic carbocycles. The first kappa shape index (κ1) is 53.2. The average Bonchev–Trinajstić information content (AvgIpc) is 3.88. The van der Waals surface area contributed by atoms with Crippen molar-refractivity contribution in [2.75, 3.05) is 41.4 Å². The Morgan fingerprint density at radius 1 is 0.922 bits per heavy atom. The zero-order chi connectivity index (χ0) is 48.1. The summed E-state index contributed by atoms with van der Waals surface area (Å²) in [5.74, 6) is -5.23. The number of nitrogens with zero attached hydrogens (tertiary/aromatic N) is 4. The summed E-state index contributed by atoms with van der Waals surface area (Å²) in [7, 11) is 6.12. The first-order chi connectivity index (χ1) is 30.1. The molecule has 3 N–H and O–H groups in total. The number of carbonyl (C=O) groups excluding carboxylic acids is 7. The molecule has 0 saturated carbocycles. The lowest BCUT2D eigenvalue weighted by Crippen LogP contribution is -2.62. The van der Waals surface area contributed by atoms with Crippen LogP contribution in [0.15, 0.2) is 42.5 Å². The number of imide groups is 1. The summed E-state index contributed by atoms with van der Waals surface area (Å²) in [5.41, 5.74) is -0.591. The first-order valence-electron chi connectivity index (χ1n) is 22.4. The van der Waals surface area contributed by atoms with Crippen LogP contribution < -0.4 is 10.6 Å². The highest BCUT2D eigenvalue weighted by molar-refractivity contribution is 6.12. The second-order valence-electron chi connectivity index (χ2n) is 18.0. The summed E-state index contributed by atoms with van der Waals surface area (Å²) in [4.78, 5) is 111. The number of rotatable bonds is 25. The van der Waals surface area contributed by atoms with E-state index >= 15 is 0 Å². The maximum atomic E-state index is 14.5. The molecule has 0 aromatic heterocycles. The van der Waals surface area contributed by atoms with Crippen LogP contribution in [0.4, 0.5) is 0 Å². The Bertz CT molecular complexity index is 1820. The topological polar surface area (TPSA) is 212 Å². The standard InChI is InChI=1S/C47H72N6O11/c1-12-30(4)41(50(8)44(59)40(29(2)3)49-46(62)47(6,7)51(9)36(54)22-16-17-25-53-37(55)23-24-38(53)56)35(63-10)28-39(57)52-26-18-21-34(52)42(64-11)31(5)43(58)48-33(45(60)61)27-32-19-14-13-15-20-32/h13-15,19-20,23-24,29-31,33-35,40-42H,12,16-18,21-22,25-28H2,1-11H3,(H,48,58)(H,49,62)(H,60,61)/t30-,31+,33-,34-,35+,40-,41-,42+/m0/s1. The number of aliphatic carboxylic acids is 1. The molecule has 17 heteroatoms. The highest BCUT2D eigenvalue weighted by Crippen LogP contribution is 2.30. The van der Waals surface area contributed by atoms with E-state index in [2.05, 4.69) is 10.6 Å². The summed E-state index contributed by atoms with van der Waals surface area (Å²) in [5, 5.41) is 15.5. The smallest absolute Gasteiger partial charge is 0.326 e. The Hall–Kier alpha value is -5.16. The van der Waals surface area contributed by atoms with Gasteiger partial charge in [-0.05, 0) is 56.9 Å². The summed E-state index contributed by atoms with van der Waals surface area (Å²) < 4.78 is 11.9. The van der Waals surface area contributed by atoms with Crippen molar-refractivity contribution in [2.24, 2.45) is 17.8 Å². The summed E-state index contributed by atoms with van der Waals surface area (Å²) in [6.07, 6.45) is 3.71. The van der Waals surface area contributed by atoms with Crippen molar-refractivity contribution in [3.05, 3.63) is 48.0 Å². The molecule has 1 saturated heterocycles. The molecule has 356 valence electrons. The number of hydrogen-bond acceptors (Lipinski definition) is 10. The molecule has 0 radical (unpaired) electrons. The third kappa shape index (κ3) is 13.4. The van der Waals surface area contributed by atoms with Crippen LogP contribution in [0.2, 0.25) is 0 Å². The quantitative estimate of drug-likeness (QED) is 0.0959. The predicted molar refractivity (Wildman–Crippen MR) is 239 cm³/mol. The number of amides is 7. The van der Waals surface area contributed by atoms with Crippen molar-refractivity contribution in [2.45, 2.75) is 142 Å². The Morgan fingerprint density at radius 2 is 1.55 bits per heavy atom. The second kappa shape index (κ2) is 24.2. The van der Waals surface area contributed by atoms with Gasteiger partial charge in [0.25, 0.3) is 11.8 Å². The number of methoxy groups -OCH3 is 2. The molecule has 7 amide bonds. The Kier molecular flexibility index (Phi) is 20.1. The highest BCUT2D eigenvalue weighted by Gasteiger charge is 2.44. The van der Waals surface area contributed by atoms with Crippen LogP contribution in [0.5, 0.6) is 0 Å². The number of carboxylic acid groups (broad SMARTS) is 1. The molecule has 64 heavy (non-hydrogen) atoms. The minimum atomic E-state index is -1.35. The van der Waals surface area contributed by atoms with Crippen LogP contribution >= 0.6 is 0 Å². The first-order valence-corrected chi connectivity index (χ1v) is 22.4. The monoisotopic (exact) mass is 897 g/mol. The van der Waals surface area contributed by atoms with E-state index < -0.39 is 71.5 Å². The number of carbonyl (C=O) groups is 8. The molecule has 0 spiro atoms. The fraction of sp³-hybridized carbons (Fsp3) is 0.660. The summed E-state index contributed by atoms with van der Waals surface area (Å²) in [6.45, 7) is 13.0. The highest BCUT2D eigenvalue weighted by atomic mass is 16.5. The van der Waals surface area contributed by atoms with Crippen molar-refractivity contribution in [3.63, 3.8) is 0 Å². The Morgan fingerprint density at radius 3 is 2.09 bits per heavy atom. The van der Waals surface area contributed by atoms with Crippen molar-refractivity contribution in [1.82, 2.24) is 30.2 Å². The van der Waals surface area contributed by atoms with Crippen molar-refractivity contribution < 1.29 is 52.9 Å². The third-order valence-electron chi connectivity index (χ3n) is 13.1. The molecule has 2 heterocycles. The number of carboxylic acids is 1. The van der Waals surface area contributed by atoms with E-state index in [1.54, 1.807) is 61.9 Å². The van der Waals surface area contributed by atoms with E-state index in [-0.39, 0.29) is 61.3 Å². The van der Waals surface area contributed by atoms with E-state index in [1.807, 2.05) is 33.8 Å². The van der Waals surface area contributed by atoms with Crippen LogP contribution in [0.1, 0.15) is 99.0 Å². The Labute approximate surface area is 378 Å². The van der Waals surface area contributed by atoms with Gasteiger partial charge < -0.3 is 39.9 Å². The number of nitrogens with one attached hydrogen (secondary N) is 2. The fourth-order valence-corrected chi connectivity index (χ4v) is 8.54. The zero-order valence-electron chi connectivity index (χ0n) is 39.6. The number of likely N-dealkylation sites (N-methyl/N-ethyl adjacent to an activating group) is 2. The van der Waals surface area contributed by atoms with Gasteiger partial charge in [-0.3, -0.25) is 38.5 Å². The van der Waals surface area contributed by atoms with Gasteiger partial charge >= 0.3 is 5.97 Å². The molecule has 8 atom stereocenters. The lowest BCUT2D eigenvalue weighted by molar-refractivity contribution is -0.150. The zero-order valence-corrected chi connectivity index (χ0v) is 39.6. The van der Waals surface area contributed by atoms with Gasteiger partial charge in [0.1, 0.15) is 17.6 Å². The lowest BCUT2D eigenvalue weighted by Gasteiger charge is -2.41. The Balaban J connectivity index is 1.71. The molecule has 0 unspecified atom stereocenters. The number of hydrogen-bond donors (Lipinski definition) is 3. The van der Waals surface area contributed by atoms with Gasteiger partial charge in [0, 0.05) is 66.4 Å². The predicted octanol–water partition coefficient (Wildman–Crippen LogP) is 3.19. The van der Waals surface area contributed by atoms with Crippen LogP contribution in [-0.2, 0) is 54.3 Å². The SMILES string of the molecule is CC[C@H](C)[C@@H]([C@@H](CC(=O)N1CCC[C@H]1[C@H](OC)[C@@H](C)C(=O)N[C@@H](Cc1ccccc1)C(=O)O)OC)N(C)C(=O)[C@@H](NC(=O)C(C)(C)N(C)C(=O)CCCCN1C(=O)C=CC1=O)C(C)C. The third-order valence-corrected chi connectivity index (χ3v) is 13.1. The molecule has 3 rings (SSSR count). The average molecular weight is 897 g/mol. The van der Waals surface area contributed by atoms with E-state index in [1.165, 1.54) is 38.3 Å². The van der Waals surface area contributed by atoms with E-state index in [0.29, 0.717) is 38.6 Å². The van der Waals surface area contributed by atoms with Crippen LogP contribution in [0, 0.1) is 17.8 Å². The van der Waals surface area contributed by atoms with Crippen molar-refractivity contribution in [3.8, 4) is 0 Å². The largest absolute Gasteiger partial charge is 0.480 e. The molecule has 1 fully saturated rings.